The van der Waals surface area contributed by atoms with Gasteiger partial charge in [-0.15, -0.1) is 5.10 Å². The fourth-order valence-electron chi connectivity index (χ4n) is 2.83. The number of nitrogens with zero attached hydrogens (tertiary/aromatic N) is 4. The Kier molecular flexibility index (Phi) is 6.18. The van der Waals surface area contributed by atoms with Crippen LogP contribution >= 0.6 is 11.8 Å². The number of aryl methyl sites for hydroxylation is 2. The molecule has 0 saturated heterocycles. The maximum Gasteiger partial charge on any atom is 0.238 e. The number of nitrogens with one attached hydrogen (secondary N) is 1. The average molecular weight is 409 g/mol. The van der Waals surface area contributed by atoms with E-state index in [1.807, 2.05) is 0 Å². The van der Waals surface area contributed by atoms with Gasteiger partial charge in [0.15, 0.2) is 0 Å². The van der Waals surface area contributed by atoms with Crippen molar-refractivity contribution in [3.63, 3.8) is 0 Å². The van der Waals surface area contributed by atoms with Crippen LogP contribution in [0.3, 0.4) is 0 Å². The SMILES string of the molecule is CCCCn1c(CSc2n[nH]c(CCC)n2)nc2cc(S(N)(=O)=O)ccc21. The Morgan fingerprint density at radius 2 is 2.04 bits per heavy atom. The lowest BCUT2D eigenvalue weighted by atomic mass is 10.3. The van der Waals surface area contributed by atoms with Crippen molar-refractivity contribution in [2.45, 2.75) is 61.9 Å². The van der Waals surface area contributed by atoms with Gasteiger partial charge in [0, 0.05) is 13.0 Å². The van der Waals surface area contributed by atoms with Crippen LogP contribution in [0.1, 0.15) is 44.8 Å². The second-order valence-electron chi connectivity index (χ2n) is 6.33. The smallest absolute Gasteiger partial charge is 0.238 e. The molecule has 0 aliphatic carbocycles. The van der Waals surface area contributed by atoms with Gasteiger partial charge in [-0.1, -0.05) is 32.0 Å². The van der Waals surface area contributed by atoms with Gasteiger partial charge in [0.05, 0.1) is 21.7 Å². The molecule has 0 aliphatic rings. The first-order chi connectivity index (χ1) is 12.9. The van der Waals surface area contributed by atoms with E-state index >= 15 is 0 Å². The molecule has 0 atom stereocenters. The molecular weight excluding hydrogens is 384 g/mol. The third-order valence-electron chi connectivity index (χ3n) is 4.19. The molecule has 2 aromatic heterocycles. The molecule has 0 aliphatic heterocycles. The molecule has 2 heterocycles. The molecule has 0 amide bonds. The first-order valence-electron chi connectivity index (χ1n) is 8.98. The third-order valence-corrected chi connectivity index (χ3v) is 5.95. The van der Waals surface area contributed by atoms with Gasteiger partial charge in [-0.25, -0.2) is 23.5 Å². The van der Waals surface area contributed by atoms with Crippen LogP contribution in [-0.2, 0) is 28.7 Å². The molecule has 0 bridgehead atoms. The second kappa shape index (κ2) is 8.41. The number of sulfonamides is 1. The number of aromatic amines is 1. The molecule has 0 spiro atoms. The summed E-state index contributed by atoms with van der Waals surface area (Å²) >= 11 is 1.51. The van der Waals surface area contributed by atoms with Gasteiger partial charge >= 0.3 is 0 Å². The van der Waals surface area contributed by atoms with Crippen molar-refractivity contribution in [1.82, 2.24) is 24.7 Å². The van der Waals surface area contributed by atoms with E-state index < -0.39 is 10.0 Å². The number of primary sulfonamides is 1. The Hall–Kier alpha value is -1.91. The van der Waals surface area contributed by atoms with Crippen molar-refractivity contribution in [1.29, 1.82) is 0 Å². The fraction of sp³-hybridized carbons (Fsp3) is 0.471. The van der Waals surface area contributed by atoms with E-state index in [-0.39, 0.29) is 4.90 Å². The van der Waals surface area contributed by atoms with E-state index in [1.54, 1.807) is 6.07 Å². The number of aromatic nitrogens is 5. The number of unbranched alkanes of at least 4 members (excludes halogenated alkanes) is 1. The zero-order valence-electron chi connectivity index (χ0n) is 15.5. The molecule has 0 saturated carbocycles. The Balaban J connectivity index is 1.89. The summed E-state index contributed by atoms with van der Waals surface area (Å²) in [5, 5.41) is 13.1. The van der Waals surface area contributed by atoms with Gasteiger partial charge in [-0.05, 0) is 31.0 Å². The number of H-pyrrole nitrogens is 1. The quantitative estimate of drug-likeness (QED) is 0.525. The van der Waals surface area contributed by atoms with E-state index in [1.165, 1.54) is 23.9 Å². The minimum atomic E-state index is -3.75. The molecule has 0 unspecified atom stereocenters. The molecule has 10 heteroatoms. The summed E-state index contributed by atoms with van der Waals surface area (Å²) in [5.74, 6) is 2.36. The summed E-state index contributed by atoms with van der Waals surface area (Å²) in [5.41, 5.74) is 1.54. The van der Waals surface area contributed by atoms with Crippen molar-refractivity contribution >= 4 is 32.8 Å². The molecule has 0 fully saturated rings. The lowest BCUT2D eigenvalue weighted by Gasteiger charge is -2.08. The molecule has 3 N–H and O–H groups in total. The van der Waals surface area contributed by atoms with Gasteiger partial charge in [-0.3, -0.25) is 5.10 Å². The average Bonchev–Trinajstić information content (AvgIpc) is 3.21. The minimum absolute atomic E-state index is 0.0764. The van der Waals surface area contributed by atoms with Crippen molar-refractivity contribution < 1.29 is 8.42 Å². The monoisotopic (exact) mass is 408 g/mol. The summed E-state index contributed by atoms with van der Waals surface area (Å²) in [6.45, 7) is 5.06. The van der Waals surface area contributed by atoms with Gasteiger partial charge in [0.25, 0.3) is 0 Å². The van der Waals surface area contributed by atoms with Gasteiger partial charge in [-0.2, -0.15) is 0 Å². The molecule has 1 aromatic carbocycles. The summed E-state index contributed by atoms with van der Waals surface area (Å²) < 4.78 is 25.4. The predicted octanol–water partition coefficient (Wildman–Crippen LogP) is 2.85. The molecule has 27 heavy (non-hydrogen) atoms. The molecular formula is C17H24N6O2S2. The summed E-state index contributed by atoms with van der Waals surface area (Å²) in [4.78, 5) is 9.20. The van der Waals surface area contributed by atoms with E-state index in [0.29, 0.717) is 16.4 Å². The Morgan fingerprint density at radius 1 is 1.22 bits per heavy atom. The molecule has 8 nitrogen and oxygen atoms in total. The maximum atomic E-state index is 11.6. The molecule has 3 aromatic rings. The second-order valence-corrected chi connectivity index (χ2v) is 8.84. The Morgan fingerprint density at radius 3 is 2.74 bits per heavy atom. The standard InChI is InChI=1S/C17H24N6O2S2/c1-3-5-9-23-14-8-7-12(27(18,24)25)10-13(14)19-16(23)11-26-17-20-15(6-4-2)21-22-17/h7-8,10H,3-6,9,11H2,1-2H3,(H2,18,24,25)(H,20,21,22). The normalized spacial score (nSPS) is 12.1. The maximum absolute atomic E-state index is 11.6. The topological polar surface area (TPSA) is 120 Å². The van der Waals surface area contributed by atoms with Crippen LogP contribution in [0.2, 0.25) is 0 Å². The predicted molar refractivity (Wildman–Crippen MR) is 106 cm³/mol. The zero-order valence-corrected chi connectivity index (χ0v) is 17.1. The van der Waals surface area contributed by atoms with Crippen LogP contribution in [0, 0.1) is 0 Å². The van der Waals surface area contributed by atoms with Crippen LogP contribution in [0.15, 0.2) is 28.3 Å². The molecule has 3 rings (SSSR count). The van der Waals surface area contributed by atoms with Crippen molar-refractivity contribution in [3.05, 3.63) is 29.8 Å². The number of rotatable bonds is 9. The minimum Gasteiger partial charge on any atom is -0.327 e. The Labute approximate surface area is 163 Å². The number of fused-ring (bicyclic) bond motifs is 1. The van der Waals surface area contributed by atoms with Crippen LogP contribution < -0.4 is 5.14 Å². The third kappa shape index (κ3) is 4.69. The summed E-state index contributed by atoms with van der Waals surface area (Å²) in [6.07, 6.45) is 3.96. The number of imidazole rings is 1. The highest BCUT2D eigenvalue weighted by Gasteiger charge is 2.15. The number of thioether (sulfide) groups is 1. The number of hydrogen-bond donors (Lipinski definition) is 2. The summed E-state index contributed by atoms with van der Waals surface area (Å²) in [6, 6.07) is 4.84. The number of hydrogen-bond acceptors (Lipinski definition) is 6. The van der Waals surface area contributed by atoms with Gasteiger partial charge in [0.1, 0.15) is 11.6 Å². The van der Waals surface area contributed by atoms with E-state index in [4.69, 9.17) is 5.14 Å². The molecule has 0 radical (unpaired) electrons. The van der Waals surface area contributed by atoms with Crippen LogP contribution in [-0.4, -0.2) is 33.2 Å². The first-order valence-corrected chi connectivity index (χ1v) is 11.5. The van der Waals surface area contributed by atoms with Crippen LogP contribution in [0.25, 0.3) is 11.0 Å². The van der Waals surface area contributed by atoms with Gasteiger partial charge in [0.2, 0.25) is 15.2 Å². The lowest BCUT2D eigenvalue weighted by Crippen LogP contribution is -2.11. The zero-order chi connectivity index (χ0) is 19.4. The highest BCUT2D eigenvalue weighted by Crippen LogP contribution is 2.25. The van der Waals surface area contributed by atoms with Crippen molar-refractivity contribution in [2.24, 2.45) is 5.14 Å². The number of benzene rings is 1. The largest absolute Gasteiger partial charge is 0.327 e. The number of nitrogens with two attached hydrogens (primary N) is 1. The Bertz CT molecular complexity index is 1030. The molecule has 146 valence electrons. The van der Waals surface area contributed by atoms with E-state index in [2.05, 4.69) is 38.6 Å². The highest BCUT2D eigenvalue weighted by atomic mass is 32.2. The highest BCUT2D eigenvalue weighted by molar-refractivity contribution is 7.98. The van der Waals surface area contributed by atoms with Gasteiger partial charge < -0.3 is 4.57 Å². The lowest BCUT2D eigenvalue weighted by molar-refractivity contribution is 0.598. The van der Waals surface area contributed by atoms with Crippen LogP contribution in [0.4, 0.5) is 0 Å². The first kappa shape index (κ1) is 19.8. The summed E-state index contributed by atoms with van der Waals surface area (Å²) in [7, 11) is -3.75. The van der Waals surface area contributed by atoms with E-state index in [9.17, 15) is 8.42 Å². The van der Waals surface area contributed by atoms with Crippen LogP contribution in [0.5, 0.6) is 0 Å². The van der Waals surface area contributed by atoms with E-state index in [0.717, 1.165) is 49.4 Å². The fourth-order valence-corrected chi connectivity index (χ4v) is 4.13. The van der Waals surface area contributed by atoms with Crippen molar-refractivity contribution in [3.8, 4) is 0 Å². The van der Waals surface area contributed by atoms with Crippen molar-refractivity contribution in [2.75, 3.05) is 0 Å².